The van der Waals surface area contributed by atoms with Crippen LogP contribution < -0.4 is 10.2 Å². The molecule has 1 aromatic rings. The highest BCUT2D eigenvalue weighted by Gasteiger charge is 2.35. The minimum Gasteiger partial charge on any atom is -0.465 e. The Balaban J connectivity index is 1.99. The SMILES string of the molecule is CCCCCNC(=O)C1CC(=O)N(c2cccc(C(=O)OC)c2)C1. The van der Waals surface area contributed by atoms with Gasteiger partial charge in [0, 0.05) is 25.2 Å². The van der Waals surface area contributed by atoms with E-state index in [4.69, 9.17) is 4.74 Å². The molecule has 1 aromatic carbocycles. The number of carbonyl (C=O) groups excluding carboxylic acids is 3. The topological polar surface area (TPSA) is 75.7 Å². The summed E-state index contributed by atoms with van der Waals surface area (Å²) in [6, 6.07) is 6.71. The number of rotatable bonds is 7. The lowest BCUT2D eigenvalue weighted by Crippen LogP contribution is -2.33. The summed E-state index contributed by atoms with van der Waals surface area (Å²) in [5.74, 6) is -0.980. The Labute approximate surface area is 142 Å². The van der Waals surface area contributed by atoms with E-state index < -0.39 is 5.97 Å². The lowest BCUT2D eigenvalue weighted by atomic mass is 10.1. The van der Waals surface area contributed by atoms with Gasteiger partial charge in [-0.25, -0.2) is 4.79 Å². The van der Waals surface area contributed by atoms with Gasteiger partial charge in [0.15, 0.2) is 0 Å². The van der Waals surface area contributed by atoms with E-state index in [9.17, 15) is 14.4 Å². The molecule has 1 aliphatic heterocycles. The summed E-state index contributed by atoms with van der Waals surface area (Å²) in [6.07, 6.45) is 3.33. The summed E-state index contributed by atoms with van der Waals surface area (Å²) in [6.45, 7) is 3.09. The van der Waals surface area contributed by atoms with Crippen molar-refractivity contribution < 1.29 is 19.1 Å². The molecule has 0 aromatic heterocycles. The molecule has 24 heavy (non-hydrogen) atoms. The number of nitrogens with one attached hydrogen (secondary N) is 1. The van der Waals surface area contributed by atoms with Crippen molar-refractivity contribution in [3.8, 4) is 0 Å². The first kappa shape index (κ1) is 18.0. The van der Waals surface area contributed by atoms with E-state index in [0.717, 1.165) is 19.3 Å². The number of unbranched alkanes of at least 4 members (excludes halogenated alkanes) is 2. The molecule has 1 aliphatic rings. The highest BCUT2D eigenvalue weighted by molar-refractivity contribution is 6.01. The van der Waals surface area contributed by atoms with Crippen molar-refractivity contribution in [1.82, 2.24) is 5.32 Å². The molecule has 1 unspecified atom stereocenters. The van der Waals surface area contributed by atoms with Gasteiger partial charge < -0.3 is 15.0 Å². The molecule has 0 aliphatic carbocycles. The van der Waals surface area contributed by atoms with Crippen LogP contribution in [0.4, 0.5) is 5.69 Å². The smallest absolute Gasteiger partial charge is 0.337 e. The second-order valence-electron chi connectivity index (χ2n) is 5.95. The zero-order chi connectivity index (χ0) is 17.5. The van der Waals surface area contributed by atoms with Crippen LogP contribution >= 0.6 is 0 Å². The molecule has 1 saturated heterocycles. The van der Waals surface area contributed by atoms with E-state index in [1.807, 2.05) is 0 Å². The predicted octanol–water partition coefficient (Wildman–Crippen LogP) is 2.13. The van der Waals surface area contributed by atoms with Gasteiger partial charge in [-0.2, -0.15) is 0 Å². The standard InChI is InChI=1S/C18H24N2O4/c1-3-4-5-9-19-17(22)14-11-16(21)20(12-14)15-8-6-7-13(10-15)18(23)24-2/h6-8,10,14H,3-5,9,11-12H2,1-2H3,(H,19,22). The van der Waals surface area contributed by atoms with Gasteiger partial charge >= 0.3 is 5.97 Å². The maximum absolute atomic E-state index is 12.2. The number of esters is 1. The first-order chi connectivity index (χ1) is 11.6. The molecular weight excluding hydrogens is 308 g/mol. The van der Waals surface area contributed by atoms with Gasteiger partial charge in [0.05, 0.1) is 18.6 Å². The number of hydrogen-bond donors (Lipinski definition) is 1. The van der Waals surface area contributed by atoms with Crippen LogP contribution in [-0.2, 0) is 14.3 Å². The number of hydrogen-bond acceptors (Lipinski definition) is 4. The fourth-order valence-electron chi connectivity index (χ4n) is 2.78. The highest BCUT2D eigenvalue weighted by Crippen LogP contribution is 2.26. The van der Waals surface area contributed by atoms with E-state index >= 15 is 0 Å². The van der Waals surface area contributed by atoms with Crippen molar-refractivity contribution in [2.24, 2.45) is 5.92 Å². The summed E-state index contributed by atoms with van der Waals surface area (Å²) >= 11 is 0. The van der Waals surface area contributed by atoms with Gasteiger partial charge in [-0.1, -0.05) is 25.8 Å². The van der Waals surface area contributed by atoms with E-state index in [2.05, 4.69) is 12.2 Å². The Morgan fingerprint density at radius 3 is 2.83 bits per heavy atom. The van der Waals surface area contributed by atoms with E-state index in [0.29, 0.717) is 24.3 Å². The first-order valence-electron chi connectivity index (χ1n) is 8.33. The molecule has 1 heterocycles. The van der Waals surface area contributed by atoms with Crippen LogP contribution in [-0.4, -0.2) is 38.0 Å². The number of amides is 2. The van der Waals surface area contributed by atoms with Crippen LogP contribution in [0.5, 0.6) is 0 Å². The fraction of sp³-hybridized carbons (Fsp3) is 0.500. The van der Waals surface area contributed by atoms with Gasteiger partial charge in [0.25, 0.3) is 0 Å². The second-order valence-corrected chi connectivity index (χ2v) is 5.95. The van der Waals surface area contributed by atoms with Crippen LogP contribution in [0.15, 0.2) is 24.3 Å². The Morgan fingerprint density at radius 1 is 1.33 bits per heavy atom. The van der Waals surface area contributed by atoms with Gasteiger partial charge in [0.2, 0.25) is 11.8 Å². The molecule has 2 rings (SSSR count). The molecule has 6 nitrogen and oxygen atoms in total. The average Bonchev–Trinajstić information content (AvgIpc) is 3.00. The molecule has 0 spiro atoms. The highest BCUT2D eigenvalue weighted by atomic mass is 16.5. The van der Waals surface area contributed by atoms with Crippen molar-refractivity contribution >= 4 is 23.5 Å². The Hall–Kier alpha value is -2.37. The van der Waals surface area contributed by atoms with Gasteiger partial charge in [-0.05, 0) is 24.6 Å². The Kier molecular flexibility index (Phi) is 6.35. The van der Waals surface area contributed by atoms with Gasteiger partial charge in [-0.15, -0.1) is 0 Å². The van der Waals surface area contributed by atoms with Crippen LogP contribution in [0.3, 0.4) is 0 Å². The van der Waals surface area contributed by atoms with Crippen LogP contribution in [0.2, 0.25) is 0 Å². The Bertz CT molecular complexity index is 615. The lowest BCUT2D eigenvalue weighted by molar-refractivity contribution is -0.126. The molecular formula is C18H24N2O4. The Morgan fingerprint density at radius 2 is 2.12 bits per heavy atom. The van der Waals surface area contributed by atoms with Crippen LogP contribution in [0, 0.1) is 5.92 Å². The van der Waals surface area contributed by atoms with Crippen molar-refractivity contribution in [3.05, 3.63) is 29.8 Å². The molecule has 130 valence electrons. The van der Waals surface area contributed by atoms with Crippen molar-refractivity contribution in [2.75, 3.05) is 25.1 Å². The third kappa shape index (κ3) is 4.34. The number of ether oxygens (including phenoxy) is 1. The number of nitrogens with zero attached hydrogens (tertiary/aromatic N) is 1. The molecule has 6 heteroatoms. The molecule has 1 fully saturated rings. The molecule has 1 atom stereocenters. The van der Waals surface area contributed by atoms with E-state index in [-0.39, 0.29) is 24.2 Å². The maximum atomic E-state index is 12.2. The molecule has 2 amide bonds. The summed E-state index contributed by atoms with van der Waals surface area (Å²) < 4.78 is 4.70. The van der Waals surface area contributed by atoms with Crippen molar-refractivity contribution in [2.45, 2.75) is 32.6 Å². The normalized spacial score (nSPS) is 17.0. The quantitative estimate of drug-likeness (QED) is 0.613. The number of benzene rings is 1. The molecule has 0 saturated carbocycles. The fourth-order valence-corrected chi connectivity index (χ4v) is 2.78. The number of methoxy groups -OCH3 is 1. The maximum Gasteiger partial charge on any atom is 0.337 e. The zero-order valence-corrected chi connectivity index (χ0v) is 14.2. The third-order valence-corrected chi connectivity index (χ3v) is 4.15. The van der Waals surface area contributed by atoms with Gasteiger partial charge in [0.1, 0.15) is 0 Å². The summed E-state index contributed by atoms with van der Waals surface area (Å²) in [5, 5.41) is 2.90. The lowest BCUT2D eigenvalue weighted by Gasteiger charge is -2.17. The monoisotopic (exact) mass is 332 g/mol. The van der Waals surface area contributed by atoms with Crippen LogP contribution in [0.25, 0.3) is 0 Å². The largest absolute Gasteiger partial charge is 0.465 e. The molecule has 1 N–H and O–H groups in total. The summed E-state index contributed by atoms with van der Waals surface area (Å²) in [7, 11) is 1.31. The molecule has 0 bridgehead atoms. The minimum atomic E-state index is -0.450. The van der Waals surface area contributed by atoms with E-state index in [1.54, 1.807) is 29.2 Å². The summed E-state index contributed by atoms with van der Waals surface area (Å²) in [5.41, 5.74) is 0.999. The van der Waals surface area contributed by atoms with Crippen molar-refractivity contribution in [3.63, 3.8) is 0 Å². The molecule has 0 radical (unpaired) electrons. The minimum absolute atomic E-state index is 0.0777. The number of anilines is 1. The van der Waals surface area contributed by atoms with Crippen molar-refractivity contribution in [1.29, 1.82) is 0 Å². The second kappa shape index (κ2) is 8.47. The van der Waals surface area contributed by atoms with Gasteiger partial charge in [-0.3, -0.25) is 9.59 Å². The zero-order valence-electron chi connectivity index (χ0n) is 14.2. The third-order valence-electron chi connectivity index (χ3n) is 4.15. The number of carbonyl (C=O) groups is 3. The first-order valence-corrected chi connectivity index (χ1v) is 8.33. The predicted molar refractivity (Wildman–Crippen MR) is 90.8 cm³/mol. The summed E-state index contributed by atoms with van der Waals surface area (Å²) in [4.78, 5) is 37.6. The average molecular weight is 332 g/mol. The van der Waals surface area contributed by atoms with E-state index in [1.165, 1.54) is 7.11 Å². The van der Waals surface area contributed by atoms with Crippen LogP contribution in [0.1, 0.15) is 43.0 Å².